The summed E-state index contributed by atoms with van der Waals surface area (Å²) >= 11 is 3.85. The monoisotopic (exact) mass is 89.0 g/mol. The maximum atomic E-state index is 3.85. The normalized spacial score (nSPS) is 10.0. The van der Waals surface area contributed by atoms with Gasteiger partial charge in [-0.05, 0) is 0 Å². The zero-order chi connectivity index (χ0) is 4.12. The van der Waals surface area contributed by atoms with Crippen molar-refractivity contribution in [3.05, 3.63) is 0 Å². The van der Waals surface area contributed by atoms with Crippen LogP contribution in [0.3, 0.4) is 0 Å². The van der Waals surface area contributed by atoms with Crippen molar-refractivity contribution in [2.45, 2.75) is 0 Å². The van der Waals surface area contributed by atoms with Crippen LogP contribution in [0, 0.1) is 0 Å². The van der Waals surface area contributed by atoms with Gasteiger partial charge in [-0.2, -0.15) is 12.6 Å². The summed E-state index contributed by atoms with van der Waals surface area (Å²) < 4.78 is 0. The largest absolute Gasteiger partial charge is 0.300 e. The zero-order valence-electron chi connectivity index (χ0n) is 3.18. The highest BCUT2D eigenvalue weighted by atomic mass is 32.1. The lowest BCUT2D eigenvalue weighted by Crippen LogP contribution is -1.67. The summed E-state index contributed by atoms with van der Waals surface area (Å²) in [4.78, 5) is 3.65. The summed E-state index contributed by atoms with van der Waals surface area (Å²) in [5.41, 5.74) is 0. The number of hydrogen-bond acceptors (Lipinski definition) is 2. The van der Waals surface area contributed by atoms with Crippen LogP contribution < -0.4 is 0 Å². The van der Waals surface area contributed by atoms with Crippen LogP contribution in [0.5, 0.6) is 0 Å². The van der Waals surface area contributed by atoms with Crippen molar-refractivity contribution in [1.29, 1.82) is 0 Å². The highest BCUT2D eigenvalue weighted by Crippen LogP contribution is 1.61. The van der Waals surface area contributed by atoms with Crippen LogP contribution in [0.1, 0.15) is 0 Å². The molecule has 5 heavy (non-hydrogen) atoms. The Morgan fingerprint density at radius 1 is 2.00 bits per heavy atom. The molecule has 1 nitrogen and oxygen atoms in total. The van der Waals surface area contributed by atoms with Gasteiger partial charge < -0.3 is 0 Å². The molecule has 0 fully saturated rings. The predicted molar refractivity (Wildman–Crippen MR) is 28.3 cm³/mol. The first kappa shape index (κ1) is 5.02. The molecule has 0 N–H and O–H groups in total. The number of aliphatic imine (C=N–C) groups is 1. The molecule has 0 unspecified atom stereocenters. The van der Waals surface area contributed by atoms with Crippen molar-refractivity contribution < 1.29 is 0 Å². The lowest BCUT2D eigenvalue weighted by molar-refractivity contribution is 1.46. The molecule has 0 amide bonds. The fraction of sp³-hybridized carbons (Fsp3) is 0.667. The molecule has 0 aliphatic carbocycles. The van der Waals surface area contributed by atoms with E-state index in [4.69, 9.17) is 0 Å². The summed E-state index contributed by atoms with van der Waals surface area (Å²) in [5.74, 6) is 0.747. The number of rotatable bonds is 1. The van der Waals surface area contributed by atoms with E-state index in [1.165, 1.54) is 0 Å². The van der Waals surface area contributed by atoms with Gasteiger partial charge in [-0.3, -0.25) is 4.99 Å². The van der Waals surface area contributed by atoms with E-state index in [0.717, 1.165) is 5.75 Å². The molecule has 0 atom stereocenters. The second-order valence-corrected chi connectivity index (χ2v) is 0.988. The van der Waals surface area contributed by atoms with Crippen molar-refractivity contribution in [3.63, 3.8) is 0 Å². The molecular formula is C3H7NS. The highest BCUT2D eigenvalue weighted by Gasteiger charge is 1.53. The molecule has 0 radical (unpaired) electrons. The van der Waals surface area contributed by atoms with Gasteiger partial charge in [-0.25, -0.2) is 0 Å². The Morgan fingerprint density at radius 2 is 2.60 bits per heavy atom. The predicted octanol–water partition coefficient (Wildman–Crippen LogP) is 0.617. The Kier molecular flexibility index (Phi) is 4.04. The summed E-state index contributed by atoms with van der Waals surface area (Å²) in [5, 5.41) is 0. The van der Waals surface area contributed by atoms with Gasteiger partial charge in [-0.1, -0.05) is 0 Å². The molecule has 0 aromatic rings. The van der Waals surface area contributed by atoms with E-state index in [0.29, 0.717) is 0 Å². The van der Waals surface area contributed by atoms with E-state index in [9.17, 15) is 0 Å². The smallest absolute Gasteiger partial charge is 0.0273 e. The van der Waals surface area contributed by atoms with E-state index in [-0.39, 0.29) is 0 Å². The van der Waals surface area contributed by atoms with Gasteiger partial charge in [-0.15, -0.1) is 0 Å². The molecule has 0 heterocycles. The standard InChI is InChI=1S/C3H7NS/c1-4-2-3-5/h2,5H,3H2,1H3/b4-2+. The number of hydrogen-bond donors (Lipinski definition) is 1. The number of nitrogens with zero attached hydrogens (tertiary/aromatic N) is 1. The zero-order valence-corrected chi connectivity index (χ0v) is 4.07. The van der Waals surface area contributed by atoms with Crippen molar-refractivity contribution in [2.75, 3.05) is 12.8 Å². The second-order valence-electron chi connectivity index (χ2n) is 0.623. The Bertz CT molecular complexity index is 33.9. The van der Waals surface area contributed by atoms with E-state index >= 15 is 0 Å². The molecule has 0 rings (SSSR count). The van der Waals surface area contributed by atoms with E-state index in [2.05, 4.69) is 17.6 Å². The lowest BCUT2D eigenvalue weighted by Gasteiger charge is -1.65. The molecule has 0 spiro atoms. The quantitative estimate of drug-likeness (QED) is 0.357. The van der Waals surface area contributed by atoms with Gasteiger partial charge >= 0.3 is 0 Å². The van der Waals surface area contributed by atoms with Gasteiger partial charge in [0.25, 0.3) is 0 Å². The molecule has 2 heteroatoms. The summed E-state index contributed by atoms with van der Waals surface area (Å²) in [6.45, 7) is 0. The van der Waals surface area contributed by atoms with Crippen LogP contribution in [-0.2, 0) is 0 Å². The third-order valence-corrected chi connectivity index (χ3v) is 0.428. The average Bonchev–Trinajstić information content (AvgIpc) is 1.41. The molecule has 0 aromatic heterocycles. The van der Waals surface area contributed by atoms with E-state index < -0.39 is 0 Å². The van der Waals surface area contributed by atoms with Crippen molar-refractivity contribution in [2.24, 2.45) is 4.99 Å². The molecule has 0 bridgehead atoms. The topological polar surface area (TPSA) is 12.4 Å². The minimum Gasteiger partial charge on any atom is -0.300 e. The summed E-state index contributed by atoms with van der Waals surface area (Å²) in [6, 6.07) is 0. The highest BCUT2D eigenvalue weighted by molar-refractivity contribution is 7.80. The van der Waals surface area contributed by atoms with Crippen LogP contribution in [-0.4, -0.2) is 19.0 Å². The molecule has 0 aromatic carbocycles. The van der Waals surface area contributed by atoms with Gasteiger partial charge in [0.15, 0.2) is 0 Å². The van der Waals surface area contributed by atoms with Gasteiger partial charge in [0.05, 0.1) is 0 Å². The SMILES string of the molecule is C/N=C/CS. The van der Waals surface area contributed by atoms with Crippen LogP contribution in [0.2, 0.25) is 0 Å². The fourth-order valence-electron chi connectivity index (χ4n) is 0.0816. The Morgan fingerprint density at radius 3 is 2.60 bits per heavy atom. The molecular weight excluding hydrogens is 82.1 g/mol. The Hall–Kier alpha value is 0.0200. The molecule has 0 saturated heterocycles. The van der Waals surface area contributed by atoms with E-state index in [1.807, 2.05) is 0 Å². The van der Waals surface area contributed by atoms with Gasteiger partial charge in [0.2, 0.25) is 0 Å². The Balaban J connectivity index is 2.62. The average molecular weight is 89.2 g/mol. The van der Waals surface area contributed by atoms with Crippen LogP contribution in [0.15, 0.2) is 4.99 Å². The second kappa shape index (κ2) is 4.02. The first-order chi connectivity index (χ1) is 2.41. The first-order valence-electron chi connectivity index (χ1n) is 1.43. The van der Waals surface area contributed by atoms with Crippen molar-refractivity contribution >= 4 is 18.8 Å². The third kappa shape index (κ3) is 4.02. The van der Waals surface area contributed by atoms with Crippen molar-refractivity contribution in [1.82, 2.24) is 0 Å². The molecule has 0 aliphatic heterocycles. The summed E-state index contributed by atoms with van der Waals surface area (Å²) in [6.07, 6.45) is 1.74. The summed E-state index contributed by atoms with van der Waals surface area (Å²) in [7, 11) is 1.73. The van der Waals surface area contributed by atoms with Crippen LogP contribution in [0.25, 0.3) is 0 Å². The van der Waals surface area contributed by atoms with E-state index in [1.54, 1.807) is 13.3 Å². The van der Waals surface area contributed by atoms with Gasteiger partial charge in [0.1, 0.15) is 0 Å². The van der Waals surface area contributed by atoms with Crippen molar-refractivity contribution in [3.8, 4) is 0 Å². The van der Waals surface area contributed by atoms with Crippen LogP contribution >= 0.6 is 12.6 Å². The maximum absolute atomic E-state index is 3.85. The Labute approximate surface area is 37.5 Å². The first-order valence-corrected chi connectivity index (χ1v) is 2.06. The molecule has 0 aliphatic rings. The third-order valence-electron chi connectivity index (χ3n) is 0.264. The molecule has 0 saturated carbocycles. The fourth-order valence-corrected chi connectivity index (χ4v) is 0.245. The minimum absolute atomic E-state index is 0.747. The lowest BCUT2D eigenvalue weighted by atomic mass is 10.9. The maximum Gasteiger partial charge on any atom is 0.0273 e. The number of thiol groups is 1. The minimum atomic E-state index is 0.747. The van der Waals surface area contributed by atoms with Crippen LogP contribution in [0.4, 0.5) is 0 Å². The molecule has 30 valence electrons. The van der Waals surface area contributed by atoms with Gasteiger partial charge in [0, 0.05) is 19.0 Å².